The molecule has 2 rings (SSSR count). The Hall–Kier alpha value is -1.37. The van der Waals surface area contributed by atoms with E-state index >= 15 is 0 Å². The van der Waals surface area contributed by atoms with Gasteiger partial charge in [0.05, 0.1) is 12.8 Å². The third-order valence-electron chi connectivity index (χ3n) is 2.60. The molecule has 0 saturated carbocycles. The van der Waals surface area contributed by atoms with Gasteiger partial charge in [0.1, 0.15) is 15.8 Å². The van der Waals surface area contributed by atoms with Crippen LogP contribution in [-0.2, 0) is 16.6 Å². The van der Waals surface area contributed by atoms with Crippen LogP contribution in [0.25, 0.3) is 0 Å². The summed E-state index contributed by atoms with van der Waals surface area (Å²) in [6.45, 7) is 2.30. The molecule has 0 radical (unpaired) electrons. The standard InChI is InChI=1S/C12H13ClN2O3S/c1-2-15(9-10-4-3-7-18-10)19(16,17)11-5-6-12(13)14-8-11/h3-8H,2,9H2,1H3. The molecule has 0 fully saturated rings. The molecule has 0 atom stereocenters. The minimum absolute atomic E-state index is 0.116. The average molecular weight is 301 g/mol. The summed E-state index contributed by atoms with van der Waals surface area (Å²) in [5, 5.41) is 0.257. The second-order valence-electron chi connectivity index (χ2n) is 3.83. The summed E-state index contributed by atoms with van der Waals surface area (Å²) in [4.78, 5) is 3.91. The van der Waals surface area contributed by atoms with Crippen LogP contribution in [-0.4, -0.2) is 24.3 Å². The van der Waals surface area contributed by atoms with Crippen molar-refractivity contribution in [3.8, 4) is 0 Å². The maximum Gasteiger partial charge on any atom is 0.245 e. The van der Waals surface area contributed by atoms with Crippen LogP contribution in [0, 0.1) is 0 Å². The number of hydrogen-bond donors (Lipinski definition) is 0. The Labute approximate surface area is 116 Å². The average Bonchev–Trinajstić information content (AvgIpc) is 2.89. The normalized spacial score (nSPS) is 11.9. The number of pyridine rings is 1. The first kappa shape index (κ1) is 14.0. The van der Waals surface area contributed by atoms with Gasteiger partial charge in [0, 0.05) is 12.7 Å². The first-order valence-corrected chi connectivity index (χ1v) is 7.50. The van der Waals surface area contributed by atoms with Crippen LogP contribution in [0.2, 0.25) is 5.15 Å². The SMILES string of the molecule is CCN(Cc1ccco1)S(=O)(=O)c1ccc(Cl)nc1. The van der Waals surface area contributed by atoms with Crippen molar-refractivity contribution in [1.82, 2.24) is 9.29 Å². The third-order valence-corrected chi connectivity index (χ3v) is 4.73. The van der Waals surface area contributed by atoms with E-state index in [1.54, 1.807) is 19.1 Å². The van der Waals surface area contributed by atoms with Crippen molar-refractivity contribution >= 4 is 21.6 Å². The van der Waals surface area contributed by atoms with Crippen LogP contribution in [0.5, 0.6) is 0 Å². The maximum atomic E-state index is 12.4. The molecule has 0 N–H and O–H groups in total. The Kier molecular flexibility index (Phi) is 4.24. The zero-order valence-electron chi connectivity index (χ0n) is 10.3. The van der Waals surface area contributed by atoms with Crippen LogP contribution in [0.1, 0.15) is 12.7 Å². The molecule has 0 aliphatic heterocycles. The lowest BCUT2D eigenvalue weighted by atomic mass is 10.4. The Bertz CT molecular complexity index is 624. The van der Waals surface area contributed by atoms with Gasteiger partial charge in [0.2, 0.25) is 10.0 Å². The summed E-state index contributed by atoms with van der Waals surface area (Å²) in [6.07, 6.45) is 2.77. The monoisotopic (exact) mass is 300 g/mol. The number of rotatable bonds is 5. The van der Waals surface area contributed by atoms with Gasteiger partial charge >= 0.3 is 0 Å². The number of halogens is 1. The fourth-order valence-electron chi connectivity index (χ4n) is 1.61. The Morgan fingerprint density at radius 1 is 1.37 bits per heavy atom. The van der Waals surface area contributed by atoms with E-state index in [0.29, 0.717) is 12.3 Å². The highest BCUT2D eigenvalue weighted by molar-refractivity contribution is 7.89. The Balaban J connectivity index is 2.28. The second-order valence-corrected chi connectivity index (χ2v) is 6.15. The highest BCUT2D eigenvalue weighted by Crippen LogP contribution is 2.18. The molecular formula is C12H13ClN2O3S. The molecule has 0 aliphatic rings. The van der Waals surface area contributed by atoms with E-state index < -0.39 is 10.0 Å². The zero-order chi connectivity index (χ0) is 13.9. The molecule has 2 heterocycles. The van der Waals surface area contributed by atoms with Gasteiger partial charge in [-0.05, 0) is 24.3 Å². The summed E-state index contributed by atoms with van der Waals surface area (Å²) < 4.78 is 31.3. The minimum Gasteiger partial charge on any atom is -0.468 e. The summed E-state index contributed by atoms with van der Waals surface area (Å²) in [5.74, 6) is 0.590. The number of sulfonamides is 1. The van der Waals surface area contributed by atoms with Crippen LogP contribution >= 0.6 is 11.6 Å². The largest absolute Gasteiger partial charge is 0.468 e. The smallest absolute Gasteiger partial charge is 0.245 e. The summed E-state index contributed by atoms with van der Waals surface area (Å²) in [6, 6.07) is 6.35. The van der Waals surface area contributed by atoms with Crippen molar-refractivity contribution < 1.29 is 12.8 Å². The van der Waals surface area contributed by atoms with E-state index in [0.717, 1.165) is 0 Å². The zero-order valence-corrected chi connectivity index (χ0v) is 11.9. The Morgan fingerprint density at radius 3 is 2.68 bits per heavy atom. The maximum absolute atomic E-state index is 12.4. The molecule has 102 valence electrons. The van der Waals surface area contributed by atoms with Gasteiger partial charge in [0.15, 0.2) is 0 Å². The van der Waals surface area contributed by atoms with Crippen LogP contribution in [0.4, 0.5) is 0 Å². The molecule has 19 heavy (non-hydrogen) atoms. The topological polar surface area (TPSA) is 63.4 Å². The lowest BCUT2D eigenvalue weighted by Crippen LogP contribution is -2.30. The fourth-order valence-corrected chi connectivity index (χ4v) is 3.08. The van der Waals surface area contributed by atoms with E-state index in [4.69, 9.17) is 16.0 Å². The molecule has 0 saturated heterocycles. The van der Waals surface area contributed by atoms with Crippen molar-refractivity contribution in [3.05, 3.63) is 47.6 Å². The molecular weight excluding hydrogens is 288 g/mol. The third kappa shape index (κ3) is 3.15. The summed E-state index contributed by atoms with van der Waals surface area (Å²) in [5.41, 5.74) is 0. The quantitative estimate of drug-likeness (QED) is 0.796. The van der Waals surface area contributed by atoms with Crippen molar-refractivity contribution in [1.29, 1.82) is 0 Å². The number of nitrogens with zero attached hydrogens (tertiary/aromatic N) is 2. The van der Waals surface area contributed by atoms with Gasteiger partial charge in [-0.3, -0.25) is 0 Å². The van der Waals surface area contributed by atoms with Crippen molar-refractivity contribution in [3.63, 3.8) is 0 Å². The number of aromatic nitrogens is 1. The van der Waals surface area contributed by atoms with Gasteiger partial charge in [-0.2, -0.15) is 4.31 Å². The predicted octanol–water partition coefficient (Wildman–Crippen LogP) is 2.54. The highest BCUT2D eigenvalue weighted by Gasteiger charge is 2.24. The summed E-state index contributed by atoms with van der Waals surface area (Å²) in [7, 11) is -3.59. The molecule has 2 aromatic heterocycles. The fraction of sp³-hybridized carbons (Fsp3) is 0.250. The molecule has 5 nitrogen and oxygen atoms in total. The van der Waals surface area contributed by atoms with Gasteiger partial charge in [-0.15, -0.1) is 0 Å². The second kappa shape index (κ2) is 5.73. The van der Waals surface area contributed by atoms with Gasteiger partial charge in [-0.25, -0.2) is 13.4 Å². The van der Waals surface area contributed by atoms with Crippen molar-refractivity contribution in [2.45, 2.75) is 18.4 Å². The minimum atomic E-state index is -3.59. The van der Waals surface area contributed by atoms with E-state index in [2.05, 4.69) is 4.98 Å². The lowest BCUT2D eigenvalue weighted by Gasteiger charge is -2.19. The molecule has 2 aromatic rings. The van der Waals surface area contributed by atoms with E-state index in [-0.39, 0.29) is 16.6 Å². The van der Waals surface area contributed by atoms with Crippen LogP contribution < -0.4 is 0 Å². The van der Waals surface area contributed by atoms with E-state index in [9.17, 15) is 8.42 Å². The van der Waals surface area contributed by atoms with Crippen molar-refractivity contribution in [2.24, 2.45) is 0 Å². The van der Waals surface area contributed by atoms with Crippen LogP contribution in [0.15, 0.2) is 46.0 Å². The molecule has 0 amide bonds. The molecule has 0 bridgehead atoms. The Morgan fingerprint density at radius 2 is 2.16 bits per heavy atom. The first-order chi connectivity index (χ1) is 9.04. The van der Waals surface area contributed by atoms with E-state index in [1.165, 1.54) is 28.9 Å². The number of furan rings is 1. The molecule has 0 aliphatic carbocycles. The number of hydrogen-bond acceptors (Lipinski definition) is 4. The van der Waals surface area contributed by atoms with Crippen molar-refractivity contribution in [2.75, 3.05) is 6.54 Å². The van der Waals surface area contributed by atoms with Gasteiger partial charge < -0.3 is 4.42 Å². The van der Waals surface area contributed by atoms with Gasteiger partial charge in [0.25, 0.3) is 0 Å². The molecule has 0 unspecified atom stereocenters. The predicted molar refractivity (Wildman–Crippen MR) is 71.2 cm³/mol. The van der Waals surface area contributed by atoms with Gasteiger partial charge in [-0.1, -0.05) is 18.5 Å². The lowest BCUT2D eigenvalue weighted by molar-refractivity contribution is 0.375. The molecule has 0 spiro atoms. The molecule has 0 aromatic carbocycles. The highest BCUT2D eigenvalue weighted by atomic mass is 35.5. The first-order valence-electron chi connectivity index (χ1n) is 5.68. The summed E-state index contributed by atoms with van der Waals surface area (Å²) >= 11 is 5.66. The van der Waals surface area contributed by atoms with Crippen LogP contribution in [0.3, 0.4) is 0 Å². The van der Waals surface area contributed by atoms with E-state index in [1.807, 2.05) is 0 Å². The molecule has 7 heteroatoms.